The van der Waals surface area contributed by atoms with Crippen molar-refractivity contribution in [2.24, 2.45) is 0 Å². The summed E-state index contributed by atoms with van der Waals surface area (Å²) in [5.41, 5.74) is 0.174. The second-order valence-corrected chi connectivity index (χ2v) is 5.38. The van der Waals surface area contributed by atoms with Crippen molar-refractivity contribution < 1.29 is 13.2 Å². The van der Waals surface area contributed by atoms with Gasteiger partial charge in [-0.1, -0.05) is 18.2 Å². The van der Waals surface area contributed by atoms with E-state index < -0.39 is 11.7 Å². The van der Waals surface area contributed by atoms with Crippen molar-refractivity contribution in [1.29, 1.82) is 0 Å². The van der Waals surface area contributed by atoms with Crippen LogP contribution < -0.4 is 5.32 Å². The Balaban J connectivity index is 2.03. The number of halogens is 4. The predicted molar refractivity (Wildman–Crippen MR) is 76.0 cm³/mol. The predicted octanol–water partition coefficient (Wildman–Crippen LogP) is 3.86. The van der Waals surface area contributed by atoms with Crippen molar-refractivity contribution in [3.63, 3.8) is 0 Å². The van der Waals surface area contributed by atoms with E-state index in [1.54, 1.807) is 0 Å². The number of benzene rings is 1. The molecule has 0 spiro atoms. The Bertz CT molecular complexity index is 532. The van der Waals surface area contributed by atoms with Crippen LogP contribution in [-0.4, -0.2) is 18.5 Å². The topological polar surface area (TPSA) is 15.3 Å². The molecule has 0 amide bonds. The first-order chi connectivity index (χ1) is 9.38. The summed E-state index contributed by atoms with van der Waals surface area (Å²) in [5, 5.41) is 3.22. The zero-order valence-corrected chi connectivity index (χ0v) is 12.4. The van der Waals surface area contributed by atoms with Crippen molar-refractivity contribution in [3.05, 3.63) is 57.8 Å². The first kappa shape index (κ1) is 15.0. The Morgan fingerprint density at radius 3 is 2.45 bits per heavy atom. The third-order valence-electron chi connectivity index (χ3n) is 2.99. The van der Waals surface area contributed by atoms with Gasteiger partial charge in [0.2, 0.25) is 0 Å². The van der Waals surface area contributed by atoms with Gasteiger partial charge in [0.05, 0.1) is 10.0 Å². The monoisotopic (exact) mass is 346 g/mol. The molecule has 6 heteroatoms. The van der Waals surface area contributed by atoms with Crippen molar-refractivity contribution in [2.45, 2.75) is 12.7 Å². The zero-order valence-electron chi connectivity index (χ0n) is 10.8. The Labute approximate surface area is 124 Å². The normalized spacial score (nSPS) is 15.8. The minimum Gasteiger partial charge on any atom is -0.367 e. The molecule has 0 aliphatic carbocycles. The number of rotatable bonds is 3. The fourth-order valence-electron chi connectivity index (χ4n) is 1.88. The van der Waals surface area contributed by atoms with Gasteiger partial charge in [0.25, 0.3) is 0 Å². The lowest BCUT2D eigenvalue weighted by atomic mass is 10.1. The summed E-state index contributed by atoms with van der Waals surface area (Å²) in [6, 6.07) is 5.18. The third-order valence-corrected chi connectivity index (χ3v) is 3.63. The standard InChI is InChI=1S/C14H14BrF3N2/c1-20-8-2-3-12(15)13(20)19-9-10-4-6-11(7-5-10)14(16,17)18/h2-7,19H,8-9H2,1H3. The molecule has 2 nitrogen and oxygen atoms in total. The number of alkyl halides is 3. The van der Waals surface area contributed by atoms with Crippen LogP contribution in [-0.2, 0) is 12.7 Å². The van der Waals surface area contributed by atoms with Gasteiger partial charge in [-0.15, -0.1) is 0 Å². The first-order valence-electron chi connectivity index (χ1n) is 6.05. The van der Waals surface area contributed by atoms with Gasteiger partial charge in [0.15, 0.2) is 0 Å². The van der Waals surface area contributed by atoms with Gasteiger partial charge in [-0.2, -0.15) is 13.2 Å². The molecule has 1 aromatic carbocycles. The highest BCUT2D eigenvalue weighted by molar-refractivity contribution is 9.11. The van der Waals surface area contributed by atoms with Crippen LogP contribution in [0.15, 0.2) is 46.7 Å². The van der Waals surface area contributed by atoms with Crippen LogP contribution in [0.1, 0.15) is 11.1 Å². The van der Waals surface area contributed by atoms with Gasteiger partial charge in [-0.3, -0.25) is 0 Å². The first-order valence-corrected chi connectivity index (χ1v) is 6.84. The summed E-state index contributed by atoms with van der Waals surface area (Å²) in [5.74, 6) is 0.924. The maximum atomic E-state index is 12.5. The maximum Gasteiger partial charge on any atom is 0.416 e. The van der Waals surface area contributed by atoms with E-state index in [0.717, 1.165) is 34.5 Å². The van der Waals surface area contributed by atoms with Crippen molar-refractivity contribution in [2.75, 3.05) is 13.6 Å². The van der Waals surface area contributed by atoms with Gasteiger partial charge in [-0.05, 0) is 39.7 Å². The highest BCUT2D eigenvalue weighted by Crippen LogP contribution is 2.29. The molecule has 0 saturated carbocycles. The van der Waals surface area contributed by atoms with E-state index >= 15 is 0 Å². The molecule has 0 bridgehead atoms. The SMILES string of the molecule is CN1CC=CC(Br)=C1NCc1ccc(C(F)(F)F)cc1. The van der Waals surface area contributed by atoms with E-state index in [-0.39, 0.29) is 0 Å². The van der Waals surface area contributed by atoms with Gasteiger partial charge >= 0.3 is 6.18 Å². The van der Waals surface area contributed by atoms with E-state index in [9.17, 15) is 13.2 Å². The van der Waals surface area contributed by atoms with E-state index in [4.69, 9.17) is 0 Å². The molecule has 1 aliphatic rings. The molecule has 0 atom stereocenters. The highest BCUT2D eigenvalue weighted by atomic mass is 79.9. The van der Waals surface area contributed by atoms with Crippen LogP contribution in [0.4, 0.5) is 13.2 Å². The Kier molecular flexibility index (Phi) is 4.42. The summed E-state index contributed by atoms with van der Waals surface area (Å²) in [7, 11) is 1.94. The summed E-state index contributed by atoms with van der Waals surface area (Å²) in [6.45, 7) is 1.27. The Morgan fingerprint density at radius 2 is 1.90 bits per heavy atom. The number of nitrogens with zero attached hydrogens (tertiary/aromatic N) is 1. The number of likely N-dealkylation sites (N-methyl/N-ethyl adjacent to an activating group) is 1. The van der Waals surface area contributed by atoms with Gasteiger partial charge in [0, 0.05) is 20.1 Å². The molecule has 0 aromatic heterocycles. The lowest BCUT2D eigenvalue weighted by Crippen LogP contribution is -2.31. The van der Waals surface area contributed by atoms with E-state index in [1.807, 2.05) is 24.1 Å². The lowest BCUT2D eigenvalue weighted by Gasteiger charge is -2.26. The molecule has 0 saturated heterocycles. The maximum absolute atomic E-state index is 12.5. The Hall–Kier alpha value is -1.43. The molecule has 2 rings (SSSR count). The second kappa shape index (κ2) is 5.91. The lowest BCUT2D eigenvalue weighted by molar-refractivity contribution is -0.137. The minimum atomic E-state index is -4.29. The molecule has 1 heterocycles. The second-order valence-electron chi connectivity index (χ2n) is 4.53. The minimum absolute atomic E-state index is 0.473. The summed E-state index contributed by atoms with van der Waals surface area (Å²) < 4.78 is 38.3. The summed E-state index contributed by atoms with van der Waals surface area (Å²) in [6.07, 6.45) is -0.311. The molecule has 0 radical (unpaired) electrons. The molecular formula is C14H14BrF3N2. The van der Waals surface area contributed by atoms with Gasteiger partial charge < -0.3 is 10.2 Å². The van der Waals surface area contributed by atoms with Crippen molar-refractivity contribution in [1.82, 2.24) is 10.2 Å². The number of hydrogen-bond donors (Lipinski definition) is 1. The molecule has 20 heavy (non-hydrogen) atoms. The number of allylic oxidation sites excluding steroid dienone is 2. The fourth-order valence-corrected chi connectivity index (χ4v) is 2.51. The van der Waals surface area contributed by atoms with Crippen LogP contribution >= 0.6 is 15.9 Å². The highest BCUT2D eigenvalue weighted by Gasteiger charge is 2.29. The number of nitrogens with one attached hydrogen (secondary N) is 1. The van der Waals surface area contributed by atoms with E-state index in [2.05, 4.69) is 21.2 Å². The largest absolute Gasteiger partial charge is 0.416 e. The van der Waals surface area contributed by atoms with E-state index in [0.29, 0.717) is 6.54 Å². The molecule has 0 fully saturated rings. The van der Waals surface area contributed by atoms with Crippen LogP contribution in [0.25, 0.3) is 0 Å². The summed E-state index contributed by atoms with van der Waals surface area (Å²) in [4.78, 5) is 2.02. The van der Waals surface area contributed by atoms with Crippen LogP contribution in [0.2, 0.25) is 0 Å². The molecule has 1 aliphatic heterocycles. The average Bonchev–Trinajstić information content (AvgIpc) is 2.37. The zero-order chi connectivity index (χ0) is 14.8. The van der Waals surface area contributed by atoms with Crippen molar-refractivity contribution >= 4 is 15.9 Å². The molecule has 0 unspecified atom stereocenters. The van der Waals surface area contributed by atoms with Gasteiger partial charge in [0.1, 0.15) is 5.82 Å². The van der Waals surface area contributed by atoms with Crippen LogP contribution in [0.5, 0.6) is 0 Å². The summed E-state index contributed by atoms with van der Waals surface area (Å²) >= 11 is 3.45. The smallest absolute Gasteiger partial charge is 0.367 e. The fraction of sp³-hybridized carbons (Fsp3) is 0.286. The quantitative estimate of drug-likeness (QED) is 0.893. The molecular weight excluding hydrogens is 333 g/mol. The van der Waals surface area contributed by atoms with Crippen molar-refractivity contribution in [3.8, 4) is 0 Å². The Morgan fingerprint density at radius 1 is 1.25 bits per heavy atom. The molecule has 108 valence electrons. The number of hydrogen-bond acceptors (Lipinski definition) is 2. The average molecular weight is 347 g/mol. The van der Waals surface area contributed by atoms with Crippen LogP contribution in [0.3, 0.4) is 0 Å². The van der Waals surface area contributed by atoms with Gasteiger partial charge in [-0.25, -0.2) is 0 Å². The molecule has 1 aromatic rings. The van der Waals surface area contributed by atoms with E-state index in [1.165, 1.54) is 12.1 Å². The molecule has 1 N–H and O–H groups in total. The van der Waals surface area contributed by atoms with Crippen LogP contribution in [0, 0.1) is 0 Å². The third kappa shape index (κ3) is 3.56.